The number of fused-ring (bicyclic) bond motifs is 1. The van der Waals surface area contributed by atoms with Gasteiger partial charge in [0.15, 0.2) is 0 Å². The predicted octanol–water partition coefficient (Wildman–Crippen LogP) is 10.1. The van der Waals surface area contributed by atoms with Crippen molar-refractivity contribution in [2.24, 2.45) is 64.6 Å². The molecule has 0 aromatic carbocycles. The van der Waals surface area contributed by atoms with Crippen LogP contribution in [0.15, 0.2) is 0 Å². The number of hydrogen-bond acceptors (Lipinski definition) is 1. The summed E-state index contributed by atoms with van der Waals surface area (Å²) in [6.45, 7) is 9.92. The summed E-state index contributed by atoms with van der Waals surface area (Å²) in [5, 5.41) is 11.5. The third kappa shape index (κ3) is 5.63. The molecule has 5 aliphatic carbocycles. The van der Waals surface area contributed by atoms with Crippen molar-refractivity contribution >= 4 is 0 Å². The van der Waals surface area contributed by atoms with Crippen molar-refractivity contribution in [3.63, 3.8) is 0 Å². The van der Waals surface area contributed by atoms with E-state index >= 15 is 0 Å². The second kappa shape index (κ2) is 12.0. The van der Waals surface area contributed by atoms with Crippen molar-refractivity contribution in [2.75, 3.05) is 0 Å². The van der Waals surface area contributed by atoms with Crippen LogP contribution < -0.4 is 0 Å². The molecule has 0 amide bonds. The topological polar surface area (TPSA) is 20.2 Å². The molecule has 36 heavy (non-hydrogen) atoms. The second-order valence-electron chi connectivity index (χ2n) is 15.5. The van der Waals surface area contributed by atoms with E-state index in [0.717, 1.165) is 59.7 Å². The standard InChI is InChI=1S/C35H62O/c1-5-27-14-13-24(2)22-33(27)34(36)19-20-35(23-25(3)21-26(35)4)30-17-15-29(16-18-30)32-12-8-10-28-9-6-7-11-31(28)32/h24-34,36H,5-23H2,1-4H3/t24-,25+,26-,27?,28?,29?,30?,31?,32?,33-,34?,35?/m0/s1. The van der Waals surface area contributed by atoms with Crippen LogP contribution in [-0.2, 0) is 0 Å². The van der Waals surface area contributed by atoms with E-state index in [4.69, 9.17) is 0 Å². The summed E-state index contributed by atoms with van der Waals surface area (Å²) in [7, 11) is 0. The summed E-state index contributed by atoms with van der Waals surface area (Å²) >= 11 is 0. The molecular formula is C35H62O. The van der Waals surface area contributed by atoms with Crippen LogP contribution in [0, 0.1) is 64.6 Å². The van der Waals surface area contributed by atoms with Gasteiger partial charge >= 0.3 is 0 Å². The molecule has 0 bridgehead atoms. The number of aliphatic hydroxyl groups excluding tert-OH is 1. The lowest BCUT2D eigenvalue weighted by molar-refractivity contribution is -0.0160. The van der Waals surface area contributed by atoms with Gasteiger partial charge in [0.25, 0.3) is 0 Å². The minimum atomic E-state index is -0.0560. The van der Waals surface area contributed by atoms with E-state index < -0.39 is 0 Å². The molecule has 6 unspecified atom stereocenters. The van der Waals surface area contributed by atoms with Gasteiger partial charge in [-0.3, -0.25) is 0 Å². The van der Waals surface area contributed by atoms with Crippen LogP contribution in [-0.4, -0.2) is 11.2 Å². The summed E-state index contributed by atoms with van der Waals surface area (Å²) in [6, 6.07) is 0. The SMILES string of the molecule is CCC1CC[C@H](C)C[C@@H]1C(O)CCC1(C2CCC(C3CCCC4CCCCC43)CC2)C[C@H](C)C[C@@H]1C. The summed E-state index contributed by atoms with van der Waals surface area (Å²) in [5.74, 6) is 9.10. The van der Waals surface area contributed by atoms with Crippen LogP contribution in [0.3, 0.4) is 0 Å². The van der Waals surface area contributed by atoms with E-state index in [-0.39, 0.29) is 6.10 Å². The van der Waals surface area contributed by atoms with Gasteiger partial charge in [-0.05, 0) is 142 Å². The predicted molar refractivity (Wildman–Crippen MR) is 154 cm³/mol. The third-order valence-corrected chi connectivity index (χ3v) is 13.5. The lowest BCUT2D eigenvalue weighted by atomic mass is 9.56. The third-order valence-electron chi connectivity index (χ3n) is 13.5. The Kier molecular flexibility index (Phi) is 9.18. The molecule has 5 fully saturated rings. The molecule has 208 valence electrons. The van der Waals surface area contributed by atoms with Gasteiger partial charge < -0.3 is 5.11 Å². The summed E-state index contributed by atoms with van der Waals surface area (Å²) in [4.78, 5) is 0. The zero-order chi connectivity index (χ0) is 25.3. The van der Waals surface area contributed by atoms with Crippen LogP contribution in [0.2, 0.25) is 0 Å². The Labute approximate surface area is 225 Å². The van der Waals surface area contributed by atoms with Crippen molar-refractivity contribution in [3.05, 3.63) is 0 Å². The average Bonchev–Trinajstić information content (AvgIpc) is 3.20. The lowest BCUT2D eigenvalue weighted by Gasteiger charge is -2.50. The first kappa shape index (κ1) is 27.5. The zero-order valence-electron chi connectivity index (χ0n) is 24.7. The Bertz CT molecular complexity index is 676. The highest BCUT2D eigenvalue weighted by molar-refractivity contribution is 5.00. The van der Waals surface area contributed by atoms with Gasteiger partial charge in [-0.15, -0.1) is 0 Å². The molecule has 5 aliphatic rings. The van der Waals surface area contributed by atoms with Crippen molar-refractivity contribution in [2.45, 2.75) is 156 Å². The number of hydrogen-bond donors (Lipinski definition) is 1. The first-order chi connectivity index (χ1) is 17.4. The summed E-state index contributed by atoms with van der Waals surface area (Å²) < 4.78 is 0. The van der Waals surface area contributed by atoms with Crippen molar-refractivity contribution in [3.8, 4) is 0 Å². The van der Waals surface area contributed by atoms with Crippen LogP contribution >= 0.6 is 0 Å². The van der Waals surface area contributed by atoms with Crippen LogP contribution in [0.1, 0.15) is 150 Å². The fourth-order valence-corrected chi connectivity index (χ4v) is 11.7. The monoisotopic (exact) mass is 498 g/mol. The largest absolute Gasteiger partial charge is 0.393 e. The fourth-order valence-electron chi connectivity index (χ4n) is 11.7. The molecule has 5 saturated carbocycles. The van der Waals surface area contributed by atoms with E-state index in [9.17, 15) is 5.11 Å². The molecule has 0 saturated heterocycles. The number of aliphatic hydroxyl groups is 1. The molecule has 0 spiro atoms. The van der Waals surface area contributed by atoms with Crippen molar-refractivity contribution in [1.29, 1.82) is 0 Å². The molecule has 1 nitrogen and oxygen atoms in total. The highest BCUT2D eigenvalue weighted by Crippen LogP contribution is 2.60. The summed E-state index contributed by atoms with van der Waals surface area (Å²) in [6.07, 6.45) is 27.3. The van der Waals surface area contributed by atoms with E-state index in [1.54, 1.807) is 25.7 Å². The van der Waals surface area contributed by atoms with Gasteiger partial charge in [-0.2, -0.15) is 0 Å². The highest BCUT2D eigenvalue weighted by Gasteiger charge is 2.50. The molecule has 1 heteroatoms. The molecule has 0 aromatic heterocycles. The fraction of sp³-hybridized carbons (Fsp3) is 1.00. The first-order valence-electron chi connectivity index (χ1n) is 17.1. The van der Waals surface area contributed by atoms with Crippen LogP contribution in [0.4, 0.5) is 0 Å². The Morgan fingerprint density at radius 1 is 0.722 bits per heavy atom. The molecular weight excluding hydrogens is 436 g/mol. The molecule has 0 radical (unpaired) electrons. The highest BCUT2D eigenvalue weighted by atomic mass is 16.3. The molecule has 0 heterocycles. The Hall–Kier alpha value is -0.0400. The normalized spacial score (nSPS) is 48.9. The van der Waals surface area contributed by atoms with E-state index in [1.165, 1.54) is 89.9 Å². The van der Waals surface area contributed by atoms with Crippen LogP contribution in [0.25, 0.3) is 0 Å². The van der Waals surface area contributed by atoms with E-state index in [2.05, 4.69) is 27.7 Å². The van der Waals surface area contributed by atoms with Gasteiger partial charge in [-0.25, -0.2) is 0 Å². The minimum absolute atomic E-state index is 0.0560. The maximum Gasteiger partial charge on any atom is 0.0571 e. The first-order valence-corrected chi connectivity index (χ1v) is 17.1. The van der Waals surface area contributed by atoms with Gasteiger partial charge in [0, 0.05) is 0 Å². The lowest BCUT2D eigenvalue weighted by Crippen LogP contribution is -2.41. The zero-order valence-corrected chi connectivity index (χ0v) is 24.7. The Morgan fingerprint density at radius 2 is 1.39 bits per heavy atom. The van der Waals surface area contributed by atoms with Gasteiger partial charge in [-0.1, -0.05) is 72.6 Å². The maximum atomic E-state index is 11.5. The minimum Gasteiger partial charge on any atom is -0.393 e. The quantitative estimate of drug-likeness (QED) is 0.370. The van der Waals surface area contributed by atoms with Gasteiger partial charge in [0.05, 0.1) is 6.10 Å². The van der Waals surface area contributed by atoms with Gasteiger partial charge in [0.2, 0.25) is 0 Å². The molecule has 0 aliphatic heterocycles. The van der Waals surface area contributed by atoms with Gasteiger partial charge in [0.1, 0.15) is 0 Å². The molecule has 10 atom stereocenters. The molecule has 5 rings (SSSR count). The van der Waals surface area contributed by atoms with E-state index in [1.807, 2.05) is 0 Å². The maximum absolute atomic E-state index is 11.5. The number of rotatable bonds is 7. The Morgan fingerprint density at radius 3 is 2.08 bits per heavy atom. The summed E-state index contributed by atoms with van der Waals surface area (Å²) in [5.41, 5.74) is 0.521. The Balaban J connectivity index is 1.22. The average molecular weight is 499 g/mol. The smallest absolute Gasteiger partial charge is 0.0571 e. The van der Waals surface area contributed by atoms with Crippen molar-refractivity contribution < 1.29 is 5.11 Å². The van der Waals surface area contributed by atoms with E-state index in [0.29, 0.717) is 11.3 Å². The van der Waals surface area contributed by atoms with Crippen molar-refractivity contribution in [1.82, 2.24) is 0 Å². The van der Waals surface area contributed by atoms with Crippen LogP contribution in [0.5, 0.6) is 0 Å². The molecule has 1 N–H and O–H groups in total. The second-order valence-corrected chi connectivity index (χ2v) is 15.5. The molecule has 0 aromatic rings.